The number of anilines is 1. The Labute approximate surface area is 201 Å². The maximum Gasteiger partial charge on any atom is 0.258 e. The summed E-state index contributed by atoms with van der Waals surface area (Å²) in [5.41, 5.74) is 3.68. The molecule has 4 aromatic rings. The first-order valence-electron chi connectivity index (χ1n) is 11.8. The number of carbonyl (C=O) groups is 1. The number of nitrogens with zero attached hydrogens (tertiary/aromatic N) is 2. The van der Waals surface area contributed by atoms with Crippen LogP contribution >= 0.6 is 0 Å². The van der Waals surface area contributed by atoms with Gasteiger partial charge in [-0.2, -0.15) is 0 Å². The van der Waals surface area contributed by atoms with Crippen molar-refractivity contribution in [2.45, 2.75) is 45.2 Å². The zero-order chi connectivity index (χ0) is 24.3. The third-order valence-electron chi connectivity index (χ3n) is 7.02. The first kappa shape index (κ1) is 21.6. The SMILES string of the molecule is Cc1oc2cccc(NC3(C)CC3)c2c1C(=O)N1CCc2c(nc(-c3ccc(F)cc3)[nH]c2=O)C1. The van der Waals surface area contributed by atoms with Crippen LogP contribution in [0.4, 0.5) is 10.1 Å². The summed E-state index contributed by atoms with van der Waals surface area (Å²) in [5, 5.41) is 4.38. The summed E-state index contributed by atoms with van der Waals surface area (Å²) in [6, 6.07) is 11.6. The molecule has 1 fully saturated rings. The third-order valence-corrected chi connectivity index (χ3v) is 7.02. The fraction of sp³-hybridized carbons (Fsp3) is 0.296. The molecule has 178 valence electrons. The molecule has 3 heterocycles. The van der Waals surface area contributed by atoms with Crippen LogP contribution in [0.3, 0.4) is 0 Å². The van der Waals surface area contributed by atoms with Crippen LogP contribution in [0.15, 0.2) is 51.7 Å². The standard InChI is InChI=1S/C27H25FN4O3/c1-15-22(23-19(31-27(2)11-12-27)4-3-5-21(23)35-15)26(34)32-13-10-18-20(14-32)29-24(30-25(18)33)16-6-8-17(28)9-7-16/h3-9,31H,10-14H2,1-2H3,(H,29,30,33). The average Bonchev–Trinajstić information content (AvgIpc) is 3.46. The fourth-order valence-electron chi connectivity index (χ4n) is 4.78. The van der Waals surface area contributed by atoms with Gasteiger partial charge in [0.2, 0.25) is 0 Å². The molecule has 0 unspecified atom stereocenters. The Bertz CT molecular complexity index is 1530. The molecule has 8 heteroatoms. The largest absolute Gasteiger partial charge is 0.460 e. The van der Waals surface area contributed by atoms with E-state index in [-0.39, 0.29) is 29.4 Å². The molecular weight excluding hydrogens is 447 g/mol. The number of benzene rings is 2. The van der Waals surface area contributed by atoms with Gasteiger partial charge in [0.15, 0.2) is 0 Å². The van der Waals surface area contributed by atoms with E-state index in [1.54, 1.807) is 17.0 Å². The molecule has 1 amide bonds. The number of carbonyl (C=O) groups excluding carboxylic acids is 1. The number of hydrogen-bond acceptors (Lipinski definition) is 5. The highest BCUT2D eigenvalue weighted by molar-refractivity contribution is 6.11. The number of halogens is 1. The van der Waals surface area contributed by atoms with E-state index in [2.05, 4.69) is 22.2 Å². The van der Waals surface area contributed by atoms with Gasteiger partial charge in [-0.1, -0.05) is 6.07 Å². The van der Waals surface area contributed by atoms with Gasteiger partial charge >= 0.3 is 0 Å². The van der Waals surface area contributed by atoms with Crippen molar-refractivity contribution in [2.24, 2.45) is 0 Å². The summed E-state index contributed by atoms with van der Waals surface area (Å²) < 4.78 is 19.3. The minimum absolute atomic E-state index is 0.0472. The second-order valence-corrected chi connectivity index (χ2v) is 9.72. The summed E-state index contributed by atoms with van der Waals surface area (Å²) >= 11 is 0. The minimum atomic E-state index is -0.363. The highest BCUT2D eigenvalue weighted by atomic mass is 19.1. The Kier molecular flexibility index (Phi) is 4.81. The molecule has 6 rings (SSSR count). The lowest BCUT2D eigenvalue weighted by Crippen LogP contribution is -2.39. The number of H-pyrrole nitrogens is 1. The third kappa shape index (κ3) is 3.79. The number of furan rings is 1. The normalized spacial score (nSPS) is 16.3. The van der Waals surface area contributed by atoms with Gasteiger partial charge in [0.1, 0.15) is 23.0 Å². The Hall–Kier alpha value is -3.94. The van der Waals surface area contributed by atoms with Crippen LogP contribution in [-0.4, -0.2) is 32.9 Å². The molecular formula is C27H25FN4O3. The van der Waals surface area contributed by atoms with Crippen molar-refractivity contribution < 1.29 is 13.6 Å². The molecule has 7 nitrogen and oxygen atoms in total. The number of hydrogen-bond donors (Lipinski definition) is 2. The lowest BCUT2D eigenvalue weighted by atomic mass is 10.0. The zero-order valence-corrected chi connectivity index (χ0v) is 19.6. The summed E-state index contributed by atoms with van der Waals surface area (Å²) in [7, 11) is 0. The van der Waals surface area contributed by atoms with Crippen LogP contribution in [0.25, 0.3) is 22.4 Å². The van der Waals surface area contributed by atoms with Crippen molar-refractivity contribution >= 4 is 22.6 Å². The van der Waals surface area contributed by atoms with Gasteiger partial charge in [0, 0.05) is 28.9 Å². The molecule has 0 radical (unpaired) electrons. The van der Waals surface area contributed by atoms with Gasteiger partial charge in [0.25, 0.3) is 11.5 Å². The summed E-state index contributed by atoms with van der Waals surface area (Å²) in [6.45, 7) is 4.60. The molecule has 1 aliphatic heterocycles. The second kappa shape index (κ2) is 7.80. The van der Waals surface area contributed by atoms with E-state index >= 15 is 0 Å². The molecule has 1 aliphatic carbocycles. The molecule has 2 aromatic carbocycles. The molecule has 0 spiro atoms. The van der Waals surface area contributed by atoms with Crippen LogP contribution in [0, 0.1) is 12.7 Å². The predicted octanol–water partition coefficient (Wildman–Crippen LogP) is 4.79. The van der Waals surface area contributed by atoms with E-state index < -0.39 is 0 Å². The maximum atomic E-state index is 13.8. The van der Waals surface area contributed by atoms with Crippen LogP contribution in [0.5, 0.6) is 0 Å². The molecule has 2 N–H and O–H groups in total. The number of aromatic amines is 1. The smallest absolute Gasteiger partial charge is 0.258 e. The second-order valence-electron chi connectivity index (χ2n) is 9.72. The number of fused-ring (bicyclic) bond motifs is 2. The number of nitrogens with one attached hydrogen (secondary N) is 2. The van der Waals surface area contributed by atoms with Gasteiger partial charge in [-0.3, -0.25) is 9.59 Å². The average molecular weight is 473 g/mol. The van der Waals surface area contributed by atoms with E-state index in [0.29, 0.717) is 52.5 Å². The first-order chi connectivity index (χ1) is 16.8. The van der Waals surface area contributed by atoms with Crippen molar-refractivity contribution in [1.29, 1.82) is 0 Å². The van der Waals surface area contributed by atoms with Crippen LogP contribution in [0.2, 0.25) is 0 Å². The van der Waals surface area contributed by atoms with Crippen LogP contribution in [-0.2, 0) is 13.0 Å². The highest BCUT2D eigenvalue weighted by Crippen LogP contribution is 2.41. The summed E-state index contributed by atoms with van der Waals surface area (Å²) in [5.74, 6) is 0.416. The van der Waals surface area contributed by atoms with Crippen molar-refractivity contribution in [3.63, 3.8) is 0 Å². The Morgan fingerprint density at radius 2 is 1.97 bits per heavy atom. The number of aryl methyl sites for hydroxylation is 1. The molecule has 2 aromatic heterocycles. The molecule has 2 aliphatic rings. The quantitative estimate of drug-likeness (QED) is 0.446. The fourth-order valence-corrected chi connectivity index (χ4v) is 4.78. The predicted molar refractivity (Wildman–Crippen MR) is 131 cm³/mol. The summed E-state index contributed by atoms with van der Waals surface area (Å²) in [6.07, 6.45) is 2.58. The van der Waals surface area contributed by atoms with Gasteiger partial charge < -0.3 is 19.6 Å². The Morgan fingerprint density at radius 3 is 2.71 bits per heavy atom. The Morgan fingerprint density at radius 1 is 1.20 bits per heavy atom. The van der Waals surface area contributed by atoms with Gasteiger partial charge in [-0.05, 0) is 69.5 Å². The zero-order valence-electron chi connectivity index (χ0n) is 19.6. The first-order valence-corrected chi connectivity index (χ1v) is 11.8. The van der Waals surface area contributed by atoms with Crippen LogP contribution < -0.4 is 10.9 Å². The van der Waals surface area contributed by atoms with E-state index in [4.69, 9.17) is 4.42 Å². The number of amides is 1. The molecule has 35 heavy (non-hydrogen) atoms. The van der Waals surface area contributed by atoms with Gasteiger partial charge in [-0.15, -0.1) is 0 Å². The minimum Gasteiger partial charge on any atom is -0.460 e. The molecule has 0 atom stereocenters. The van der Waals surface area contributed by atoms with Crippen molar-refractivity contribution in [1.82, 2.24) is 14.9 Å². The number of rotatable bonds is 4. The van der Waals surface area contributed by atoms with E-state index in [1.807, 2.05) is 25.1 Å². The van der Waals surface area contributed by atoms with Crippen molar-refractivity contribution in [3.8, 4) is 11.4 Å². The van der Waals surface area contributed by atoms with E-state index in [9.17, 15) is 14.0 Å². The van der Waals surface area contributed by atoms with Crippen LogP contribution in [0.1, 0.15) is 47.1 Å². The number of aromatic nitrogens is 2. The topological polar surface area (TPSA) is 91.2 Å². The highest BCUT2D eigenvalue weighted by Gasteiger charge is 2.38. The molecule has 0 saturated heterocycles. The van der Waals surface area contributed by atoms with E-state index in [1.165, 1.54) is 12.1 Å². The van der Waals surface area contributed by atoms with Crippen molar-refractivity contribution in [2.75, 3.05) is 11.9 Å². The monoisotopic (exact) mass is 472 g/mol. The van der Waals surface area contributed by atoms with Crippen molar-refractivity contribution in [3.05, 3.63) is 81.2 Å². The molecule has 1 saturated carbocycles. The van der Waals surface area contributed by atoms with E-state index in [0.717, 1.165) is 23.9 Å². The maximum absolute atomic E-state index is 13.8. The summed E-state index contributed by atoms with van der Waals surface area (Å²) in [4.78, 5) is 35.7. The Balaban J connectivity index is 1.36. The van der Waals surface area contributed by atoms with Gasteiger partial charge in [-0.25, -0.2) is 9.37 Å². The van der Waals surface area contributed by atoms with Gasteiger partial charge in [0.05, 0.1) is 23.2 Å². The lowest BCUT2D eigenvalue weighted by Gasteiger charge is -2.28. The molecule has 0 bridgehead atoms. The lowest BCUT2D eigenvalue weighted by molar-refractivity contribution is 0.0731.